The van der Waals surface area contributed by atoms with Gasteiger partial charge in [0.15, 0.2) is 0 Å². The Morgan fingerprint density at radius 2 is 1.89 bits per heavy atom. The molecule has 1 rings (SSSR count). The monoisotopic (exact) mass is 270 g/mol. The first kappa shape index (κ1) is 15.6. The molecule has 18 heavy (non-hydrogen) atoms. The zero-order chi connectivity index (χ0) is 13.6. The van der Waals surface area contributed by atoms with E-state index in [1.807, 2.05) is 11.8 Å². The number of thioether (sulfide) groups is 1. The lowest BCUT2D eigenvalue weighted by Gasteiger charge is -2.19. The topological polar surface area (TPSA) is 28.4 Å². The minimum Gasteiger partial charge on any atom is -0.464 e. The zero-order valence-corrected chi connectivity index (χ0v) is 13.1. The standard InChI is InChI=1S/C14H26N2OS/c1-14(2,3)15-10-12-6-7-13(17-12)11-18-9-8-16(4)5/h6-7,15H,8-11H2,1-5H3. The highest BCUT2D eigenvalue weighted by Crippen LogP contribution is 2.16. The van der Waals surface area contributed by atoms with E-state index >= 15 is 0 Å². The van der Waals surface area contributed by atoms with Crippen molar-refractivity contribution >= 4 is 11.8 Å². The molecule has 1 aromatic rings. The van der Waals surface area contributed by atoms with Crippen molar-refractivity contribution in [3.05, 3.63) is 23.7 Å². The van der Waals surface area contributed by atoms with Crippen molar-refractivity contribution in [1.82, 2.24) is 10.2 Å². The average molecular weight is 270 g/mol. The molecule has 0 aliphatic rings. The van der Waals surface area contributed by atoms with Crippen LogP contribution in [0.25, 0.3) is 0 Å². The smallest absolute Gasteiger partial charge is 0.118 e. The van der Waals surface area contributed by atoms with Gasteiger partial charge in [0.1, 0.15) is 11.5 Å². The first-order valence-corrected chi connectivity index (χ1v) is 7.57. The second-order valence-corrected chi connectivity index (χ2v) is 6.93. The van der Waals surface area contributed by atoms with Gasteiger partial charge in [-0.3, -0.25) is 0 Å². The molecule has 0 saturated carbocycles. The van der Waals surface area contributed by atoms with Gasteiger partial charge in [-0.05, 0) is 47.0 Å². The summed E-state index contributed by atoms with van der Waals surface area (Å²) in [7, 11) is 4.20. The first-order chi connectivity index (χ1) is 8.37. The van der Waals surface area contributed by atoms with Gasteiger partial charge in [0.2, 0.25) is 0 Å². The quantitative estimate of drug-likeness (QED) is 0.771. The van der Waals surface area contributed by atoms with Crippen LogP contribution in [0.4, 0.5) is 0 Å². The second kappa shape index (κ2) is 7.22. The van der Waals surface area contributed by atoms with Crippen molar-refractivity contribution in [2.24, 2.45) is 0 Å². The Labute approximate surface area is 115 Å². The summed E-state index contributed by atoms with van der Waals surface area (Å²) in [4.78, 5) is 2.20. The summed E-state index contributed by atoms with van der Waals surface area (Å²) in [5.41, 5.74) is 0.132. The molecule has 0 radical (unpaired) electrons. The van der Waals surface area contributed by atoms with Gasteiger partial charge in [0.25, 0.3) is 0 Å². The maximum Gasteiger partial charge on any atom is 0.118 e. The molecule has 0 aromatic carbocycles. The molecule has 0 unspecified atom stereocenters. The molecule has 1 aromatic heterocycles. The zero-order valence-electron chi connectivity index (χ0n) is 12.2. The van der Waals surface area contributed by atoms with Crippen molar-refractivity contribution in [3.63, 3.8) is 0 Å². The molecule has 0 aliphatic carbocycles. The third-order valence-electron chi connectivity index (χ3n) is 2.44. The van der Waals surface area contributed by atoms with Crippen molar-refractivity contribution in [1.29, 1.82) is 0 Å². The highest BCUT2D eigenvalue weighted by Gasteiger charge is 2.10. The van der Waals surface area contributed by atoms with Crippen LogP contribution in [0.15, 0.2) is 16.5 Å². The van der Waals surface area contributed by atoms with Gasteiger partial charge in [-0.25, -0.2) is 0 Å². The molecule has 0 saturated heterocycles. The molecule has 0 bridgehead atoms. The van der Waals surface area contributed by atoms with Gasteiger partial charge >= 0.3 is 0 Å². The van der Waals surface area contributed by atoms with Crippen LogP contribution >= 0.6 is 11.8 Å². The third-order valence-corrected chi connectivity index (χ3v) is 3.40. The Kier molecular flexibility index (Phi) is 6.26. The Hall–Kier alpha value is -0.450. The Balaban J connectivity index is 2.26. The summed E-state index contributed by atoms with van der Waals surface area (Å²) in [6.07, 6.45) is 0. The molecule has 0 aliphatic heterocycles. The van der Waals surface area contributed by atoms with Crippen LogP contribution < -0.4 is 5.32 Å². The number of nitrogens with zero attached hydrogens (tertiary/aromatic N) is 1. The molecule has 0 fully saturated rings. The van der Waals surface area contributed by atoms with Gasteiger partial charge < -0.3 is 14.6 Å². The number of hydrogen-bond donors (Lipinski definition) is 1. The van der Waals surface area contributed by atoms with Crippen LogP contribution in [-0.2, 0) is 12.3 Å². The largest absolute Gasteiger partial charge is 0.464 e. The number of rotatable bonds is 7. The minimum absolute atomic E-state index is 0.132. The summed E-state index contributed by atoms with van der Waals surface area (Å²) in [6.45, 7) is 8.39. The lowest BCUT2D eigenvalue weighted by atomic mass is 10.1. The van der Waals surface area contributed by atoms with Crippen LogP contribution in [0, 0.1) is 0 Å². The Bertz CT molecular complexity index is 342. The minimum atomic E-state index is 0.132. The summed E-state index contributed by atoms with van der Waals surface area (Å²) in [5, 5.41) is 3.43. The van der Waals surface area contributed by atoms with E-state index < -0.39 is 0 Å². The molecule has 1 heterocycles. The molecule has 4 heteroatoms. The van der Waals surface area contributed by atoms with Crippen LogP contribution in [0.1, 0.15) is 32.3 Å². The third kappa shape index (κ3) is 7.09. The van der Waals surface area contributed by atoms with Crippen LogP contribution in [0.5, 0.6) is 0 Å². The summed E-state index contributed by atoms with van der Waals surface area (Å²) in [6, 6.07) is 4.16. The Morgan fingerprint density at radius 1 is 1.22 bits per heavy atom. The van der Waals surface area contributed by atoms with E-state index in [0.29, 0.717) is 0 Å². The van der Waals surface area contributed by atoms with Gasteiger partial charge in [0, 0.05) is 17.8 Å². The van der Waals surface area contributed by atoms with Crippen molar-refractivity contribution in [2.75, 3.05) is 26.4 Å². The van der Waals surface area contributed by atoms with Gasteiger partial charge in [-0.1, -0.05) is 0 Å². The lowest BCUT2D eigenvalue weighted by molar-refractivity contribution is 0.382. The molecule has 0 spiro atoms. The lowest BCUT2D eigenvalue weighted by Crippen LogP contribution is -2.34. The normalized spacial score (nSPS) is 12.3. The van der Waals surface area contributed by atoms with Gasteiger partial charge in [0.05, 0.1) is 12.3 Å². The molecule has 1 N–H and O–H groups in total. The van der Waals surface area contributed by atoms with Crippen LogP contribution in [-0.4, -0.2) is 36.8 Å². The van der Waals surface area contributed by atoms with E-state index in [-0.39, 0.29) is 5.54 Å². The maximum atomic E-state index is 5.79. The summed E-state index contributed by atoms with van der Waals surface area (Å²) >= 11 is 1.92. The fraction of sp³-hybridized carbons (Fsp3) is 0.714. The van der Waals surface area contributed by atoms with E-state index in [1.54, 1.807) is 0 Å². The van der Waals surface area contributed by atoms with Crippen molar-refractivity contribution in [2.45, 2.75) is 38.6 Å². The number of hydrogen-bond acceptors (Lipinski definition) is 4. The predicted molar refractivity (Wildman–Crippen MR) is 80.0 cm³/mol. The maximum absolute atomic E-state index is 5.79. The van der Waals surface area contributed by atoms with Crippen molar-refractivity contribution in [3.8, 4) is 0 Å². The predicted octanol–water partition coefficient (Wildman–Crippen LogP) is 2.96. The van der Waals surface area contributed by atoms with E-state index in [1.165, 1.54) is 0 Å². The first-order valence-electron chi connectivity index (χ1n) is 6.42. The van der Waals surface area contributed by atoms with E-state index in [2.05, 4.69) is 57.2 Å². The van der Waals surface area contributed by atoms with E-state index in [0.717, 1.165) is 36.1 Å². The van der Waals surface area contributed by atoms with E-state index in [9.17, 15) is 0 Å². The summed E-state index contributed by atoms with van der Waals surface area (Å²) < 4.78 is 5.79. The molecular weight excluding hydrogens is 244 g/mol. The molecular formula is C14H26N2OS. The Morgan fingerprint density at radius 3 is 2.50 bits per heavy atom. The molecule has 0 amide bonds. The fourth-order valence-corrected chi connectivity index (χ4v) is 2.36. The molecule has 0 atom stereocenters. The van der Waals surface area contributed by atoms with Crippen molar-refractivity contribution < 1.29 is 4.42 Å². The number of nitrogens with one attached hydrogen (secondary N) is 1. The highest BCUT2D eigenvalue weighted by molar-refractivity contribution is 7.98. The van der Waals surface area contributed by atoms with Crippen LogP contribution in [0.2, 0.25) is 0 Å². The highest BCUT2D eigenvalue weighted by atomic mass is 32.2. The number of furan rings is 1. The van der Waals surface area contributed by atoms with Gasteiger partial charge in [-0.2, -0.15) is 11.8 Å². The summed E-state index contributed by atoms with van der Waals surface area (Å²) in [5.74, 6) is 4.20. The fourth-order valence-electron chi connectivity index (χ4n) is 1.37. The average Bonchev–Trinajstić information content (AvgIpc) is 2.68. The van der Waals surface area contributed by atoms with Crippen LogP contribution in [0.3, 0.4) is 0 Å². The van der Waals surface area contributed by atoms with E-state index in [4.69, 9.17) is 4.42 Å². The SMILES string of the molecule is CN(C)CCSCc1ccc(CNC(C)(C)C)o1. The molecule has 3 nitrogen and oxygen atoms in total. The molecule has 104 valence electrons. The van der Waals surface area contributed by atoms with Gasteiger partial charge in [-0.15, -0.1) is 0 Å². The second-order valence-electron chi connectivity index (χ2n) is 5.83.